The Morgan fingerprint density at radius 1 is 1.32 bits per heavy atom. The summed E-state index contributed by atoms with van der Waals surface area (Å²) in [6, 6.07) is 9.58. The van der Waals surface area contributed by atoms with Crippen LogP contribution in [0.4, 0.5) is 5.82 Å². The lowest BCUT2D eigenvalue weighted by atomic mass is 10.2. The first-order valence-corrected chi connectivity index (χ1v) is 9.36. The number of nitrogens with one attached hydrogen (secondary N) is 1. The van der Waals surface area contributed by atoms with Crippen molar-refractivity contribution >= 4 is 23.5 Å². The number of nitrogens with zero attached hydrogens (tertiary/aromatic N) is 3. The second-order valence-corrected chi connectivity index (χ2v) is 6.82. The van der Waals surface area contributed by atoms with Gasteiger partial charge in [-0.25, -0.2) is 9.97 Å². The van der Waals surface area contributed by atoms with E-state index < -0.39 is 0 Å². The maximum atomic E-state index is 12.0. The Bertz CT molecular complexity index is 753. The van der Waals surface area contributed by atoms with Gasteiger partial charge in [0.15, 0.2) is 0 Å². The lowest BCUT2D eigenvalue weighted by Gasteiger charge is -2.07. The first kappa shape index (κ1) is 18.9. The number of thioether (sulfide) groups is 1. The van der Waals surface area contributed by atoms with Crippen LogP contribution in [-0.2, 0) is 11.2 Å². The van der Waals surface area contributed by atoms with Gasteiger partial charge in [-0.2, -0.15) is 5.26 Å². The van der Waals surface area contributed by atoms with Gasteiger partial charge < -0.3 is 5.32 Å². The van der Waals surface area contributed by atoms with Crippen LogP contribution in [0.5, 0.6) is 0 Å². The average Bonchev–Trinajstić information content (AvgIpc) is 2.62. The van der Waals surface area contributed by atoms with Gasteiger partial charge in [-0.05, 0) is 43.5 Å². The van der Waals surface area contributed by atoms with Crippen molar-refractivity contribution in [2.75, 3.05) is 11.1 Å². The molecule has 25 heavy (non-hydrogen) atoms. The molecule has 0 saturated heterocycles. The molecule has 0 radical (unpaired) electrons. The zero-order chi connectivity index (χ0) is 18.1. The number of amides is 1. The van der Waals surface area contributed by atoms with E-state index in [0.29, 0.717) is 28.6 Å². The molecule has 0 unspecified atom stereocenters. The standard InChI is InChI=1S/C19H22N4OS/c1-3-4-5-16-8-7-15(12-20)19(22-16)25-11-10-18(24)23-17-9-6-14(2)13-21-17/h6-9,13H,3-5,10-11H2,1-2H3,(H,21,23,24). The van der Waals surface area contributed by atoms with Crippen LogP contribution in [0.25, 0.3) is 0 Å². The van der Waals surface area contributed by atoms with E-state index in [1.54, 1.807) is 12.3 Å². The quantitative estimate of drug-likeness (QED) is 0.721. The smallest absolute Gasteiger partial charge is 0.226 e. The molecule has 1 amide bonds. The van der Waals surface area contributed by atoms with Gasteiger partial charge in [0.1, 0.15) is 16.9 Å². The van der Waals surface area contributed by atoms with Gasteiger partial charge in [-0.15, -0.1) is 11.8 Å². The predicted octanol–water partition coefficient (Wildman–Crippen LogP) is 4.12. The summed E-state index contributed by atoms with van der Waals surface area (Å²) in [6.45, 7) is 4.09. The molecule has 1 N–H and O–H groups in total. The molecule has 2 aromatic rings. The van der Waals surface area contributed by atoms with Crippen molar-refractivity contribution in [2.45, 2.75) is 44.6 Å². The number of nitriles is 1. The van der Waals surface area contributed by atoms with E-state index in [9.17, 15) is 10.1 Å². The van der Waals surface area contributed by atoms with Crippen molar-refractivity contribution in [1.82, 2.24) is 9.97 Å². The second kappa shape index (κ2) is 9.80. The summed E-state index contributed by atoms with van der Waals surface area (Å²) >= 11 is 1.45. The number of hydrogen-bond acceptors (Lipinski definition) is 5. The molecule has 2 aromatic heterocycles. The van der Waals surface area contributed by atoms with Crippen molar-refractivity contribution in [3.63, 3.8) is 0 Å². The zero-order valence-electron chi connectivity index (χ0n) is 14.6. The van der Waals surface area contributed by atoms with E-state index in [4.69, 9.17) is 0 Å². The van der Waals surface area contributed by atoms with E-state index in [1.165, 1.54) is 11.8 Å². The summed E-state index contributed by atoms with van der Waals surface area (Å²) in [7, 11) is 0. The van der Waals surface area contributed by atoms with Crippen LogP contribution in [0, 0.1) is 18.3 Å². The summed E-state index contributed by atoms with van der Waals surface area (Å²) < 4.78 is 0. The van der Waals surface area contributed by atoms with Crippen molar-refractivity contribution in [3.8, 4) is 6.07 Å². The van der Waals surface area contributed by atoms with Crippen LogP contribution in [0.1, 0.15) is 43.0 Å². The molecule has 130 valence electrons. The maximum Gasteiger partial charge on any atom is 0.226 e. The molecular weight excluding hydrogens is 332 g/mol. The van der Waals surface area contributed by atoms with Crippen LogP contribution in [0.3, 0.4) is 0 Å². The molecule has 0 bridgehead atoms. The minimum Gasteiger partial charge on any atom is -0.311 e. The Labute approximate surface area is 152 Å². The number of hydrogen-bond donors (Lipinski definition) is 1. The van der Waals surface area contributed by atoms with E-state index in [2.05, 4.69) is 28.3 Å². The Hall–Kier alpha value is -2.39. The third kappa shape index (κ3) is 6.20. The van der Waals surface area contributed by atoms with Crippen LogP contribution in [-0.4, -0.2) is 21.6 Å². The zero-order valence-corrected chi connectivity index (χ0v) is 15.4. The van der Waals surface area contributed by atoms with Crippen molar-refractivity contribution in [2.24, 2.45) is 0 Å². The molecule has 0 aliphatic carbocycles. The predicted molar refractivity (Wildman–Crippen MR) is 101 cm³/mol. The average molecular weight is 354 g/mol. The topological polar surface area (TPSA) is 78.7 Å². The molecule has 5 nitrogen and oxygen atoms in total. The number of unbranched alkanes of at least 4 members (excludes halogenated alkanes) is 1. The number of carbonyl (C=O) groups is 1. The summed E-state index contributed by atoms with van der Waals surface area (Å²) in [5.41, 5.74) is 2.61. The summed E-state index contributed by atoms with van der Waals surface area (Å²) in [5.74, 6) is 1.03. The minimum atomic E-state index is -0.0931. The Morgan fingerprint density at radius 2 is 2.16 bits per heavy atom. The molecular formula is C19H22N4OS. The van der Waals surface area contributed by atoms with Gasteiger partial charge in [0.25, 0.3) is 0 Å². The minimum absolute atomic E-state index is 0.0931. The number of pyridine rings is 2. The molecule has 0 spiro atoms. The van der Waals surface area contributed by atoms with E-state index in [-0.39, 0.29) is 5.91 Å². The van der Waals surface area contributed by atoms with Gasteiger partial charge in [-0.3, -0.25) is 4.79 Å². The third-order valence-electron chi connectivity index (χ3n) is 3.57. The highest BCUT2D eigenvalue weighted by Crippen LogP contribution is 2.22. The summed E-state index contributed by atoms with van der Waals surface area (Å²) in [5, 5.41) is 12.7. The third-order valence-corrected chi connectivity index (χ3v) is 4.56. The lowest BCUT2D eigenvalue weighted by molar-refractivity contribution is -0.115. The van der Waals surface area contributed by atoms with Gasteiger partial charge in [0.2, 0.25) is 5.91 Å². The molecule has 0 saturated carbocycles. The highest BCUT2D eigenvalue weighted by Gasteiger charge is 2.09. The normalized spacial score (nSPS) is 10.3. The SMILES string of the molecule is CCCCc1ccc(C#N)c(SCCC(=O)Nc2ccc(C)cn2)n1. The van der Waals surface area contributed by atoms with Crippen molar-refractivity contribution < 1.29 is 4.79 Å². The number of carbonyl (C=O) groups excluding carboxylic acids is 1. The van der Waals surface area contributed by atoms with Crippen LogP contribution in [0.2, 0.25) is 0 Å². The fraction of sp³-hybridized carbons (Fsp3) is 0.368. The number of anilines is 1. The Balaban J connectivity index is 1.88. The fourth-order valence-corrected chi connectivity index (χ4v) is 3.09. The van der Waals surface area contributed by atoms with Crippen LogP contribution >= 0.6 is 11.8 Å². The molecule has 0 atom stereocenters. The molecule has 0 aliphatic heterocycles. The largest absolute Gasteiger partial charge is 0.311 e. The fourth-order valence-electron chi connectivity index (χ4n) is 2.16. The molecule has 2 heterocycles. The molecule has 2 rings (SSSR count). The van der Waals surface area contributed by atoms with E-state index in [0.717, 1.165) is 30.5 Å². The van der Waals surface area contributed by atoms with Crippen LogP contribution in [0.15, 0.2) is 35.5 Å². The molecule has 0 aliphatic rings. The first-order valence-electron chi connectivity index (χ1n) is 8.37. The lowest BCUT2D eigenvalue weighted by Crippen LogP contribution is -2.13. The maximum absolute atomic E-state index is 12.0. The van der Waals surface area contributed by atoms with E-state index in [1.807, 2.05) is 25.1 Å². The second-order valence-electron chi connectivity index (χ2n) is 5.74. The van der Waals surface area contributed by atoms with Gasteiger partial charge in [0, 0.05) is 24.1 Å². The molecule has 0 fully saturated rings. The number of aromatic nitrogens is 2. The highest BCUT2D eigenvalue weighted by atomic mass is 32.2. The molecule has 0 aromatic carbocycles. The molecule has 6 heteroatoms. The van der Waals surface area contributed by atoms with Gasteiger partial charge >= 0.3 is 0 Å². The Morgan fingerprint density at radius 3 is 2.84 bits per heavy atom. The van der Waals surface area contributed by atoms with Gasteiger partial charge in [-0.1, -0.05) is 19.4 Å². The van der Waals surface area contributed by atoms with E-state index >= 15 is 0 Å². The van der Waals surface area contributed by atoms with Crippen molar-refractivity contribution in [3.05, 3.63) is 47.3 Å². The van der Waals surface area contributed by atoms with Crippen LogP contribution < -0.4 is 5.32 Å². The number of aryl methyl sites for hydroxylation is 2. The summed E-state index contributed by atoms with van der Waals surface area (Å²) in [6.07, 6.45) is 5.16. The van der Waals surface area contributed by atoms with Crippen molar-refractivity contribution in [1.29, 1.82) is 5.26 Å². The monoisotopic (exact) mass is 354 g/mol. The number of rotatable bonds is 8. The van der Waals surface area contributed by atoms with Gasteiger partial charge in [0.05, 0.1) is 5.56 Å². The highest BCUT2D eigenvalue weighted by molar-refractivity contribution is 7.99. The summed E-state index contributed by atoms with van der Waals surface area (Å²) in [4.78, 5) is 20.7. The first-order chi connectivity index (χ1) is 12.1. The Kier molecular flexibility index (Phi) is 7.42.